The first-order valence-corrected chi connectivity index (χ1v) is 16.0. The molecule has 0 aliphatic carbocycles. The van der Waals surface area contributed by atoms with Gasteiger partial charge in [-0.25, -0.2) is 4.85 Å². The van der Waals surface area contributed by atoms with Crippen molar-refractivity contribution in [2.45, 2.75) is 47.3 Å². The van der Waals surface area contributed by atoms with E-state index in [4.69, 9.17) is 11.0 Å². The van der Waals surface area contributed by atoms with E-state index in [9.17, 15) is 0 Å². The van der Waals surface area contributed by atoms with Gasteiger partial charge in [0.1, 0.15) is 18.2 Å². The molecule has 36 heavy (non-hydrogen) atoms. The molecule has 0 atom stereocenters. The minimum atomic E-state index is -1.50. The second-order valence-electron chi connectivity index (χ2n) is 11.0. The lowest BCUT2D eigenvalue weighted by molar-refractivity contribution is -0.665. The monoisotopic (exact) mass is 489 g/mol. The molecule has 4 heteroatoms. The van der Waals surface area contributed by atoms with Gasteiger partial charge in [0, 0.05) is 34.5 Å². The van der Waals surface area contributed by atoms with Crippen molar-refractivity contribution in [3.8, 4) is 22.4 Å². The van der Waals surface area contributed by atoms with Gasteiger partial charge in [-0.05, 0) is 37.5 Å². The fourth-order valence-corrected chi connectivity index (χ4v) is 8.29. The maximum absolute atomic E-state index is 7.83. The van der Waals surface area contributed by atoms with Crippen LogP contribution in [0.3, 0.4) is 0 Å². The van der Waals surface area contributed by atoms with Gasteiger partial charge in [-0.3, -0.25) is 0 Å². The van der Waals surface area contributed by atoms with E-state index in [1.807, 2.05) is 12.1 Å². The normalized spacial score (nSPS) is 11.9. The average molecular weight is 490 g/mol. The molecule has 0 spiro atoms. The van der Waals surface area contributed by atoms with Crippen LogP contribution < -0.4 is 9.75 Å². The Morgan fingerprint density at radius 1 is 0.778 bits per heavy atom. The topological polar surface area (TPSA) is 21.4 Å². The summed E-state index contributed by atoms with van der Waals surface area (Å²) in [6.07, 6.45) is 0. The number of furan rings is 1. The molecule has 3 aromatic carbocycles. The van der Waals surface area contributed by atoms with Crippen LogP contribution >= 0.6 is 0 Å². The Bertz CT molecular complexity index is 1710. The number of aryl methyl sites for hydroxylation is 3. The van der Waals surface area contributed by atoms with Crippen molar-refractivity contribution < 1.29 is 8.98 Å². The average Bonchev–Trinajstić information content (AvgIpc) is 3.19. The van der Waals surface area contributed by atoms with Crippen LogP contribution in [0.4, 0.5) is 5.69 Å². The van der Waals surface area contributed by atoms with Crippen LogP contribution in [-0.4, -0.2) is 8.07 Å². The zero-order valence-corrected chi connectivity index (χ0v) is 23.5. The van der Waals surface area contributed by atoms with Crippen molar-refractivity contribution in [2.24, 2.45) is 7.05 Å². The Labute approximate surface area is 214 Å². The van der Waals surface area contributed by atoms with Gasteiger partial charge >= 0.3 is 0 Å². The third-order valence-corrected chi connectivity index (χ3v) is 9.69. The predicted molar refractivity (Wildman–Crippen MR) is 154 cm³/mol. The van der Waals surface area contributed by atoms with Gasteiger partial charge < -0.3 is 4.42 Å². The zero-order valence-electron chi connectivity index (χ0n) is 22.5. The van der Waals surface area contributed by atoms with Crippen LogP contribution in [-0.2, 0) is 7.05 Å². The number of aromatic nitrogens is 1. The fraction of sp³-hybridized carbons (Fsp3) is 0.250. The number of hydrogen-bond donors (Lipinski definition) is 0. The van der Waals surface area contributed by atoms with Crippen molar-refractivity contribution in [3.63, 3.8) is 0 Å². The molecular weight excluding hydrogens is 456 g/mol. The highest BCUT2D eigenvalue weighted by Gasteiger charge is 2.30. The standard InChI is InChI=1S/C32H33N2OSi/c1-19-10-13-23(14-11-19)29-26(33-5)17-16-25-24-15-12-20(2)28(30(24)35-31(25)29)27-18-21(3)32(36(7,8)9)22(4)34(27)6/h10-18H,1-4,6-9H3/q+1. The van der Waals surface area contributed by atoms with Gasteiger partial charge in [0.05, 0.1) is 20.2 Å². The summed E-state index contributed by atoms with van der Waals surface area (Å²) >= 11 is 0. The van der Waals surface area contributed by atoms with E-state index in [2.05, 4.69) is 106 Å². The van der Waals surface area contributed by atoms with Gasteiger partial charge in [-0.15, -0.1) is 0 Å². The molecule has 3 nitrogen and oxygen atoms in total. The summed E-state index contributed by atoms with van der Waals surface area (Å²) in [7, 11) is 0.667. The maximum Gasteiger partial charge on any atom is 0.216 e. The lowest BCUT2D eigenvalue weighted by Gasteiger charge is -2.21. The highest BCUT2D eigenvalue weighted by molar-refractivity contribution is 6.89. The number of hydrogen-bond acceptors (Lipinski definition) is 1. The number of pyridine rings is 1. The van der Waals surface area contributed by atoms with E-state index < -0.39 is 8.07 Å². The van der Waals surface area contributed by atoms with Gasteiger partial charge in [0.15, 0.2) is 11.4 Å². The quantitative estimate of drug-likeness (QED) is 0.143. The van der Waals surface area contributed by atoms with Crippen molar-refractivity contribution in [3.05, 3.63) is 88.4 Å². The third-order valence-electron chi connectivity index (χ3n) is 7.44. The van der Waals surface area contributed by atoms with Crippen LogP contribution in [0.5, 0.6) is 0 Å². The van der Waals surface area contributed by atoms with E-state index >= 15 is 0 Å². The van der Waals surface area contributed by atoms with E-state index in [0.717, 1.165) is 44.3 Å². The predicted octanol–water partition coefficient (Wildman–Crippen LogP) is 8.07. The fourth-order valence-electron chi connectivity index (χ4n) is 5.78. The van der Waals surface area contributed by atoms with Crippen molar-refractivity contribution in [1.82, 2.24) is 0 Å². The molecule has 180 valence electrons. The van der Waals surface area contributed by atoms with Crippen LogP contribution in [0.15, 0.2) is 59.0 Å². The SMILES string of the molecule is [C-]#[N+]c1ccc2c(oc3c(-c4cc(C)c([Si](C)(C)C)c(C)[n+]4C)c(C)ccc32)c1-c1ccc(C)cc1. The molecule has 0 radical (unpaired) electrons. The van der Waals surface area contributed by atoms with Gasteiger partial charge in [0.2, 0.25) is 5.69 Å². The molecule has 0 fully saturated rings. The summed E-state index contributed by atoms with van der Waals surface area (Å²) in [5.74, 6) is 0. The van der Waals surface area contributed by atoms with Gasteiger partial charge in [-0.1, -0.05) is 73.7 Å². The maximum atomic E-state index is 7.83. The molecule has 2 aromatic heterocycles. The van der Waals surface area contributed by atoms with Crippen LogP contribution in [0, 0.1) is 34.3 Å². The molecule has 5 aromatic rings. The highest BCUT2D eigenvalue weighted by atomic mass is 28.3. The first-order valence-electron chi connectivity index (χ1n) is 12.5. The second kappa shape index (κ2) is 8.46. The molecule has 0 saturated carbocycles. The summed E-state index contributed by atoms with van der Waals surface area (Å²) < 4.78 is 9.10. The minimum Gasteiger partial charge on any atom is -0.456 e. The molecule has 0 aliphatic heterocycles. The summed E-state index contributed by atoms with van der Waals surface area (Å²) in [5, 5.41) is 3.65. The largest absolute Gasteiger partial charge is 0.456 e. The second-order valence-corrected chi connectivity index (χ2v) is 16.0. The molecule has 0 amide bonds. The van der Waals surface area contributed by atoms with Gasteiger partial charge in [-0.2, -0.15) is 4.57 Å². The molecular formula is C32H33N2OSi+. The van der Waals surface area contributed by atoms with Crippen molar-refractivity contribution in [2.75, 3.05) is 0 Å². The molecule has 0 aliphatic rings. The number of benzene rings is 3. The van der Waals surface area contributed by atoms with E-state index in [-0.39, 0.29) is 0 Å². The van der Waals surface area contributed by atoms with Crippen molar-refractivity contribution in [1.29, 1.82) is 0 Å². The van der Waals surface area contributed by atoms with Crippen LogP contribution in [0.2, 0.25) is 19.6 Å². The number of fused-ring (bicyclic) bond motifs is 3. The first kappa shape index (κ1) is 24.0. The molecule has 5 rings (SSSR count). The molecule has 2 heterocycles. The number of nitrogens with zero attached hydrogens (tertiary/aromatic N) is 2. The zero-order chi connectivity index (χ0) is 25.9. The molecule has 0 bridgehead atoms. The van der Waals surface area contributed by atoms with E-state index in [1.165, 1.54) is 27.6 Å². The van der Waals surface area contributed by atoms with Gasteiger partial charge in [0.25, 0.3) is 0 Å². The minimum absolute atomic E-state index is 0.611. The Balaban J connectivity index is 1.88. The smallest absolute Gasteiger partial charge is 0.216 e. The molecule has 0 unspecified atom stereocenters. The van der Waals surface area contributed by atoms with E-state index in [0.29, 0.717) is 5.69 Å². The van der Waals surface area contributed by atoms with Crippen molar-refractivity contribution >= 4 is 40.9 Å². The number of rotatable bonds is 3. The summed E-state index contributed by atoms with van der Waals surface area (Å²) in [5.41, 5.74) is 11.5. The molecule has 0 saturated heterocycles. The molecule has 0 N–H and O–H groups in total. The Hall–Kier alpha value is -3.68. The summed E-state index contributed by atoms with van der Waals surface area (Å²) in [6.45, 7) is 23.8. The Kier molecular flexibility index (Phi) is 5.65. The summed E-state index contributed by atoms with van der Waals surface area (Å²) in [6, 6.07) is 19.0. The third kappa shape index (κ3) is 3.67. The van der Waals surface area contributed by atoms with E-state index in [1.54, 1.807) is 0 Å². The van der Waals surface area contributed by atoms with Crippen LogP contribution in [0.25, 0.3) is 49.2 Å². The van der Waals surface area contributed by atoms with Crippen LogP contribution in [0.1, 0.15) is 22.4 Å². The highest BCUT2D eigenvalue weighted by Crippen LogP contribution is 2.44. The lowest BCUT2D eigenvalue weighted by Crippen LogP contribution is -2.50. The Morgan fingerprint density at radius 3 is 2.00 bits per heavy atom. The Morgan fingerprint density at radius 2 is 1.39 bits per heavy atom. The summed E-state index contributed by atoms with van der Waals surface area (Å²) in [4.78, 5) is 3.85. The lowest BCUT2D eigenvalue weighted by atomic mass is 9.97. The first-order chi connectivity index (χ1) is 17.0.